The van der Waals surface area contributed by atoms with Crippen LogP contribution in [0.3, 0.4) is 0 Å². The Kier molecular flexibility index (Phi) is 6.32. The van der Waals surface area contributed by atoms with Gasteiger partial charge >= 0.3 is 0 Å². The van der Waals surface area contributed by atoms with Gasteiger partial charge in [-0.25, -0.2) is 9.97 Å². The molecule has 2 aromatic heterocycles. The fourth-order valence-corrected chi connectivity index (χ4v) is 5.37. The fourth-order valence-electron chi connectivity index (χ4n) is 4.11. The van der Waals surface area contributed by atoms with Crippen LogP contribution in [0.4, 0.5) is 0 Å². The number of ether oxygens (including phenoxy) is 1. The Morgan fingerprint density at radius 1 is 1.03 bits per heavy atom. The Hall–Kier alpha value is -2.54. The third-order valence-corrected chi connectivity index (χ3v) is 7.53. The van der Waals surface area contributed by atoms with Gasteiger partial charge in [0.1, 0.15) is 5.75 Å². The number of benzene rings is 2. The topological polar surface area (TPSA) is 57.0 Å². The highest BCUT2D eigenvalue weighted by Crippen LogP contribution is 2.31. The molecule has 0 radical (unpaired) electrons. The Labute approximate surface area is 205 Å². The predicted molar refractivity (Wildman–Crippen MR) is 134 cm³/mol. The van der Waals surface area contributed by atoms with Crippen LogP contribution in [0.15, 0.2) is 58.5 Å². The number of pyridine rings is 1. The molecule has 0 fully saturated rings. The molecular formula is C25H21Cl2N3O2S. The quantitative estimate of drug-likeness (QED) is 0.240. The summed E-state index contributed by atoms with van der Waals surface area (Å²) < 4.78 is 7.18. The number of hydrogen-bond acceptors (Lipinski definition) is 5. The van der Waals surface area contributed by atoms with E-state index in [-0.39, 0.29) is 5.56 Å². The lowest BCUT2D eigenvalue weighted by atomic mass is 9.95. The molecule has 4 aromatic rings. The van der Waals surface area contributed by atoms with Crippen molar-refractivity contribution in [2.45, 2.75) is 36.6 Å². The lowest BCUT2D eigenvalue weighted by Gasteiger charge is -2.18. The molecule has 2 heterocycles. The highest BCUT2D eigenvalue weighted by Gasteiger charge is 2.20. The molecule has 5 nitrogen and oxygen atoms in total. The number of fused-ring (bicyclic) bond motifs is 2. The molecule has 0 saturated carbocycles. The summed E-state index contributed by atoms with van der Waals surface area (Å²) in [5.74, 6) is 1.16. The SMILES string of the molecule is COc1ccccc1-n1c(SCc2ccc(Cl)c(Cl)c2)nc2nc3c(cc2c1=O)CCCC3. The zero-order valence-electron chi connectivity index (χ0n) is 18.0. The first kappa shape index (κ1) is 22.3. The molecule has 0 bridgehead atoms. The minimum Gasteiger partial charge on any atom is -0.495 e. The van der Waals surface area contributed by atoms with Crippen molar-refractivity contribution in [3.63, 3.8) is 0 Å². The van der Waals surface area contributed by atoms with Gasteiger partial charge in [0.15, 0.2) is 10.8 Å². The third-order valence-electron chi connectivity index (χ3n) is 5.79. The van der Waals surface area contributed by atoms with Gasteiger partial charge in [-0.15, -0.1) is 0 Å². The third kappa shape index (κ3) is 4.35. The Morgan fingerprint density at radius 3 is 2.67 bits per heavy atom. The van der Waals surface area contributed by atoms with Crippen molar-refractivity contribution in [2.24, 2.45) is 0 Å². The lowest BCUT2D eigenvalue weighted by molar-refractivity contribution is 0.411. The van der Waals surface area contributed by atoms with Crippen molar-refractivity contribution < 1.29 is 4.74 Å². The van der Waals surface area contributed by atoms with Crippen LogP contribution < -0.4 is 10.3 Å². The van der Waals surface area contributed by atoms with E-state index in [1.807, 2.05) is 42.5 Å². The molecule has 0 unspecified atom stereocenters. The van der Waals surface area contributed by atoms with E-state index in [0.717, 1.165) is 42.5 Å². The van der Waals surface area contributed by atoms with Crippen LogP contribution >= 0.6 is 35.0 Å². The molecule has 2 aromatic carbocycles. The van der Waals surface area contributed by atoms with E-state index in [4.69, 9.17) is 37.9 Å². The number of aryl methyl sites for hydroxylation is 2. The molecule has 1 aliphatic carbocycles. The zero-order valence-corrected chi connectivity index (χ0v) is 20.3. The van der Waals surface area contributed by atoms with Gasteiger partial charge in [-0.05, 0) is 67.1 Å². The maximum absolute atomic E-state index is 13.8. The summed E-state index contributed by atoms with van der Waals surface area (Å²) in [6, 6.07) is 15.0. The van der Waals surface area contributed by atoms with Crippen LogP contribution in [0, 0.1) is 0 Å². The van der Waals surface area contributed by atoms with Crippen molar-refractivity contribution in [2.75, 3.05) is 7.11 Å². The fraction of sp³-hybridized carbons (Fsp3) is 0.240. The number of hydrogen-bond donors (Lipinski definition) is 0. The summed E-state index contributed by atoms with van der Waals surface area (Å²) in [6.45, 7) is 0. The molecule has 33 heavy (non-hydrogen) atoms. The van der Waals surface area contributed by atoms with Gasteiger partial charge in [-0.2, -0.15) is 0 Å². The number of halogens is 2. The van der Waals surface area contributed by atoms with Gasteiger partial charge in [0.2, 0.25) is 0 Å². The minimum absolute atomic E-state index is 0.151. The van der Waals surface area contributed by atoms with Gasteiger partial charge in [-0.3, -0.25) is 9.36 Å². The maximum Gasteiger partial charge on any atom is 0.268 e. The van der Waals surface area contributed by atoms with E-state index in [9.17, 15) is 4.79 Å². The summed E-state index contributed by atoms with van der Waals surface area (Å²) in [5.41, 5.74) is 4.17. The molecule has 8 heteroatoms. The first-order valence-corrected chi connectivity index (χ1v) is 12.4. The van der Waals surface area contributed by atoms with Gasteiger partial charge in [-0.1, -0.05) is 53.2 Å². The van der Waals surface area contributed by atoms with E-state index in [0.29, 0.717) is 43.4 Å². The largest absolute Gasteiger partial charge is 0.495 e. The van der Waals surface area contributed by atoms with Crippen molar-refractivity contribution in [3.8, 4) is 11.4 Å². The van der Waals surface area contributed by atoms with Crippen LogP contribution in [-0.2, 0) is 18.6 Å². The molecule has 168 valence electrons. The van der Waals surface area contributed by atoms with Crippen LogP contribution in [0.1, 0.15) is 29.7 Å². The maximum atomic E-state index is 13.8. The lowest BCUT2D eigenvalue weighted by Crippen LogP contribution is -2.23. The standard InChI is InChI=1S/C25H21Cl2N3O2S/c1-32-22-9-5-4-8-21(22)30-24(31)17-13-16-6-2-3-7-20(16)28-23(17)29-25(30)33-14-15-10-11-18(26)19(27)12-15/h4-5,8-13H,2-3,6-7,14H2,1H3. The minimum atomic E-state index is -0.151. The van der Waals surface area contributed by atoms with E-state index < -0.39 is 0 Å². The highest BCUT2D eigenvalue weighted by molar-refractivity contribution is 7.98. The molecule has 0 spiro atoms. The Morgan fingerprint density at radius 2 is 1.85 bits per heavy atom. The van der Waals surface area contributed by atoms with Crippen molar-refractivity contribution in [1.29, 1.82) is 0 Å². The van der Waals surface area contributed by atoms with Gasteiger partial charge in [0.05, 0.1) is 28.2 Å². The van der Waals surface area contributed by atoms with Crippen LogP contribution in [0.2, 0.25) is 10.0 Å². The molecular weight excluding hydrogens is 477 g/mol. The van der Waals surface area contributed by atoms with Crippen LogP contribution in [0.25, 0.3) is 16.7 Å². The normalized spacial score (nSPS) is 13.2. The predicted octanol–water partition coefficient (Wildman–Crippen LogP) is 6.27. The first-order chi connectivity index (χ1) is 16.0. The number of nitrogens with zero attached hydrogens (tertiary/aromatic N) is 3. The summed E-state index contributed by atoms with van der Waals surface area (Å²) in [7, 11) is 1.60. The molecule has 5 rings (SSSR count). The number of para-hydroxylation sites is 2. The summed E-state index contributed by atoms with van der Waals surface area (Å²) in [5, 5.41) is 2.08. The smallest absolute Gasteiger partial charge is 0.268 e. The number of methoxy groups -OCH3 is 1. The van der Waals surface area contributed by atoms with E-state index in [2.05, 4.69) is 0 Å². The average molecular weight is 498 g/mol. The molecule has 0 saturated heterocycles. The van der Waals surface area contributed by atoms with Gasteiger partial charge in [0, 0.05) is 11.4 Å². The molecule has 1 aliphatic rings. The number of thioether (sulfide) groups is 1. The monoisotopic (exact) mass is 497 g/mol. The van der Waals surface area contributed by atoms with Crippen molar-refractivity contribution >= 4 is 46.0 Å². The van der Waals surface area contributed by atoms with Gasteiger partial charge in [0.25, 0.3) is 5.56 Å². The van der Waals surface area contributed by atoms with E-state index in [1.165, 1.54) is 11.8 Å². The number of aromatic nitrogens is 3. The van der Waals surface area contributed by atoms with Gasteiger partial charge < -0.3 is 4.74 Å². The van der Waals surface area contributed by atoms with Crippen molar-refractivity contribution in [3.05, 3.63) is 85.8 Å². The van der Waals surface area contributed by atoms with E-state index >= 15 is 0 Å². The first-order valence-electron chi connectivity index (χ1n) is 10.7. The molecule has 0 amide bonds. The average Bonchev–Trinajstić information content (AvgIpc) is 2.84. The molecule has 0 aliphatic heterocycles. The second-order valence-corrected chi connectivity index (χ2v) is 9.67. The van der Waals surface area contributed by atoms with Crippen molar-refractivity contribution in [1.82, 2.24) is 14.5 Å². The van der Waals surface area contributed by atoms with Crippen LogP contribution in [0.5, 0.6) is 5.75 Å². The van der Waals surface area contributed by atoms with E-state index in [1.54, 1.807) is 17.7 Å². The summed E-state index contributed by atoms with van der Waals surface area (Å²) in [6.07, 6.45) is 4.10. The molecule has 0 atom stereocenters. The molecule has 0 N–H and O–H groups in total. The van der Waals surface area contributed by atoms with Crippen LogP contribution in [-0.4, -0.2) is 21.6 Å². The second kappa shape index (κ2) is 9.37. The Balaban J connectivity index is 1.67. The summed E-state index contributed by atoms with van der Waals surface area (Å²) >= 11 is 13.7. The number of rotatable bonds is 5. The Bertz CT molecular complexity index is 1420. The summed E-state index contributed by atoms with van der Waals surface area (Å²) in [4.78, 5) is 23.4. The zero-order chi connectivity index (χ0) is 22.9. The highest BCUT2D eigenvalue weighted by atomic mass is 35.5. The second-order valence-electron chi connectivity index (χ2n) is 7.92.